The van der Waals surface area contributed by atoms with E-state index in [1.54, 1.807) is 42.3 Å². The average Bonchev–Trinajstić information content (AvgIpc) is 2.88. The number of rotatable bonds is 7. The van der Waals surface area contributed by atoms with E-state index in [1.165, 1.54) is 0 Å². The van der Waals surface area contributed by atoms with E-state index in [0.717, 1.165) is 11.1 Å². The first-order chi connectivity index (χ1) is 18.0. The molecule has 1 fully saturated rings. The van der Waals surface area contributed by atoms with E-state index in [1.807, 2.05) is 24.3 Å². The van der Waals surface area contributed by atoms with Gasteiger partial charge in [-0.15, -0.1) is 0 Å². The van der Waals surface area contributed by atoms with Crippen molar-refractivity contribution < 1.29 is 40.6 Å². The van der Waals surface area contributed by atoms with Gasteiger partial charge in [0, 0.05) is 13.0 Å². The molecule has 0 saturated carbocycles. The van der Waals surface area contributed by atoms with Gasteiger partial charge in [0.1, 0.15) is 5.75 Å². The first-order valence-corrected chi connectivity index (χ1v) is 11.8. The number of methoxy groups -OCH3 is 1. The Bertz CT molecular complexity index is 1210. The summed E-state index contributed by atoms with van der Waals surface area (Å²) in [7, 11) is 1.54. The quantitative estimate of drug-likeness (QED) is 0.300. The predicted molar refractivity (Wildman–Crippen MR) is 127 cm³/mol. The number of alkyl halides is 6. The topological polar surface area (TPSA) is 38.8 Å². The molecular formula is C28H25F6NO3. The van der Waals surface area contributed by atoms with E-state index in [-0.39, 0.29) is 36.9 Å². The zero-order valence-electron chi connectivity index (χ0n) is 20.4. The summed E-state index contributed by atoms with van der Waals surface area (Å²) in [5.41, 5.74) is -1.47. The van der Waals surface area contributed by atoms with E-state index in [0.29, 0.717) is 17.9 Å². The lowest BCUT2D eigenvalue weighted by atomic mass is 9.91. The fourth-order valence-electron chi connectivity index (χ4n) is 4.56. The van der Waals surface area contributed by atoms with Gasteiger partial charge in [-0.1, -0.05) is 42.5 Å². The molecule has 1 heterocycles. The van der Waals surface area contributed by atoms with E-state index >= 15 is 0 Å². The molecule has 0 spiro atoms. The van der Waals surface area contributed by atoms with Gasteiger partial charge in [0.25, 0.3) is 0 Å². The molecule has 0 bridgehead atoms. The van der Waals surface area contributed by atoms with E-state index < -0.39 is 42.2 Å². The van der Waals surface area contributed by atoms with Crippen LogP contribution >= 0.6 is 0 Å². The fraction of sp³-hybridized carbons (Fsp3) is 0.321. The largest absolute Gasteiger partial charge is 0.497 e. The number of halogens is 6. The molecule has 10 heteroatoms. The molecule has 4 nitrogen and oxygen atoms in total. The molecule has 0 aromatic heterocycles. The summed E-state index contributed by atoms with van der Waals surface area (Å²) < 4.78 is 91.0. The highest BCUT2D eigenvalue weighted by molar-refractivity contribution is 5.78. The van der Waals surface area contributed by atoms with Crippen LogP contribution in [0.4, 0.5) is 26.3 Å². The molecule has 202 valence electrons. The van der Waals surface area contributed by atoms with Crippen molar-refractivity contribution in [2.24, 2.45) is 0 Å². The van der Waals surface area contributed by atoms with E-state index in [4.69, 9.17) is 9.47 Å². The Labute approximate surface area is 215 Å². The highest BCUT2D eigenvalue weighted by Gasteiger charge is 2.39. The van der Waals surface area contributed by atoms with Crippen molar-refractivity contribution in [2.45, 2.75) is 50.5 Å². The van der Waals surface area contributed by atoms with Crippen LogP contribution in [0.3, 0.4) is 0 Å². The number of benzene rings is 3. The van der Waals surface area contributed by atoms with Gasteiger partial charge in [-0.05, 0) is 53.4 Å². The molecule has 38 heavy (non-hydrogen) atoms. The van der Waals surface area contributed by atoms with Gasteiger partial charge in [0.2, 0.25) is 5.91 Å². The number of hydrogen-bond acceptors (Lipinski definition) is 3. The molecule has 0 aliphatic carbocycles. The van der Waals surface area contributed by atoms with E-state index in [2.05, 4.69) is 0 Å². The Morgan fingerprint density at radius 3 is 2.00 bits per heavy atom. The minimum atomic E-state index is -4.95. The Morgan fingerprint density at radius 2 is 1.45 bits per heavy atom. The first-order valence-electron chi connectivity index (χ1n) is 11.8. The fourth-order valence-corrected chi connectivity index (χ4v) is 4.56. The number of carbonyl (C=O) groups is 1. The second-order valence-corrected chi connectivity index (χ2v) is 9.03. The lowest BCUT2D eigenvalue weighted by molar-refractivity contribution is -0.148. The lowest BCUT2D eigenvalue weighted by Gasteiger charge is -2.41. The average molecular weight is 538 g/mol. The summed E-state index contributed by atoms with van der Waals surface area (Å²) in [6.07, 6.45) is -10.2. The Morgan fingerprint density at radius 1 is 0.842 bits per heavy atom. The summed E-state index contributed by atoms with van der Waals surface area (Å²) in [5.74, 6) is 0.520. The minimum Gasteiger partial charge on any atom is -0.497 e. The molecule has 1 amide bonds. The van der Waals surface area contributed by atoms with Crippen LogP contribution in [0.1, 0.15) is 46.7 Å². The monoisotopic (exact) mass is 537 g/mol. The Balaban J connectivity index is 1.63. The van der Waals surface area contributed by atoms with Gasteiger partial charge in [-0.25, -0.2) is 0 Å². The summed E-state index contributed by atoms with van der Waals surface area (Å²) >= 11 is 0. The van der Waals surface area contributed by atoms with Crippen molar-refractivity contribution in [3.63, 3.8) is 0 Å². The van der Waals surface area contributed by atoms with Crippen LogP contribution in [0.25, 0.3) is 0 Å². The van der Waals surface area contributed by atoms with Crippen molar-refractivity contribution in [2.75, 3.05) is 7.11 Å². The van der Waals surface area contributed by atoms with Gasteiger partial charge in [-0.3, -0.25) is 4.79 Å². The standard InChI is InChI=1S/C28H25F6NO3/c1-37-23-9-7-18(8-10-23)16-35-25(36)12-11-24(26(35)20-5-3-2-4-6-20)38-17-19-13-21(27(29,30)31)15-22(14-19)28(32,33)34/h2-10,13-15,24,26H,11-12,16-17H2,1H3. The third kappa shape index (κ3) is 6.48. The van der Waals surface area contributed by atoms with Gasteiger partial charge >= 0.3 is 12.4 Å². The number of hydrogen-bond donors (Lipinski definition) is 0. The van der Waals surface area contributed by atoms with Crippen LogP contribution in [0.5, 0.6) is 5.75 Å². The molecule has 4 rings (SSSR count). The molecule has 1 aliphatic heterocycles. The summed E-state index contributed by atoms with van der Waals surface area (Å²) in [5, 5.41) is 0. The molecular weight excluding hydrogens is 512 g/mol. The predicted octanol–water partition coefficient (Wildman–Crippen LogP) is 7.18. The zero-order chi connectivity index (χ0) is 27.5. The normalized spacial score (nSPS) is 18.5. The second kappa shape index (κ2) is 11.1. The lowest BCUT2D eigenvalue weighted by Crippen LogP contribution is -2.45. The maximum atomic E-state index is 13.3. The van der Waals surface area contributed by atoms with Crippen LogP contribution in [0.2, 0.25) is 0 Å². The molecule has 0 radical (unpaired) electrons. The molecule has 3 aromatic rings. The van der Waals surface area contributed by atoms with Crippen molar-refractivity contribution in [3.05, 3.63) is 101 Å². The van der Waals surface area contributed by atoms with Crippen molar-refractivity contribution >= 4 is 5.91 Å². The van der Waals surface area contributed by atoms with E-state index in [9.17, 15) is 31.1 Å². The maximum Gasteiger partial charge on any atom is 0.416 e. The summed E-state index contributed by atoms with van der Waals surface area (Å²) in [4.78, 5) is 14.7. The SMILES string of the molecule is COc1ccc(CN2C(=O)CCC(OCc3cc(C(F)(F)F)cc(C(F)(F)F)c3)C2c2ccccc2)cc1. The summed E-state index contributed by atoms with van der Waals surface area (Å²) in [6.45, 7) is -0.240. The Kier molecular flexibility index (Phi) is 8.01. The molecule has 0 N–H and O–H groups in total. The number of likely N-dealkylation sites (tertiary alicyclic amines) is 1. The van der Waals surface area contributed by atoms with Crippen LogP contribution in [0.15, 0.2) is 72.8 Å². The van der Waals surface area contributed by atoms with Gasteiger partial charge in [0.05, 0.1) is 37.0 Å². The third-order valence-corrected chi connectivity index (χ3v) is 6.42. The first kappa shape index (κ1) is 27.5. The second-order valence-electron chi connectivity index (χ2n) is 9.03. The third-order valence-electron chi connectivity index (χ3n) is 6.42. The number of carbonyl (C=O) groups excluding carboxylic acids is 1. The Hall–Kier alpha value is -3.53. The van der Waals surface area contributed by atoms with Crippen molar-refractivity contribution in [3.8, 4) is 5.75 Å². The van der Waals surface area contributed by atoms with Crippen molar-refractivity contribution in [1.29, 1.82) is 0 Å². The van der Waals surface area contributed by atoms with Crippen LogP contribution < -0.4 is 4.74 Å². The minimum absolute atomic E-state index is 0.0894. The highest BCUT2D eigenvalue weighted by atomic mass is 19.4. The highest BCUT2D eigenvalue weighted by Crippen LogP contribution is 2.38. The molecule has 2 unspecified atom stereocenters. The van der Waals surface area contributed by atoms with Gasteiger partial charge < -0.3 is 14.4 Å². The van der Waals surface area contributed by atoms with Gasteiger partial charge in [0.15, 0.2) is 0 Å². The molecule has 1 aliphatic rings. The molecule has 3 aromatic carbocycles. The van der Waals surface area contributed by atoms with Crippen molar-refractivity contribution in [1.82, 2.24) is 4.90 Å². The smallest absolute Gasteiger partial charge is 0.416 e. The molecule has 2 atom stereocenters. The number of amides is 1. The van der Waals surface area contributed by atoms with Crippen LogP contribution in [0, 0.1) is 0 Å². The summed E-state index contributed by atoms with van der Waals surface area (Å²) in [6, 6.07) is 17.0. The van der Waals surface area contributed by atoms with Crippen LogP contribution in [-0.4, -0.2) is 24.0 Å². The zero-order valence-corrected chi connectivity index (χ0v) is 20.4. The molecule has 1 saturated heterocycles. The number of nitrogens with zero attached hydrogens (tertiary/aromatic N) is 1. The van der Waals surface area contributed by atoms with Gasteiger partial charge in [-0.2, -0.15) is 26.3 Å². The number of piperidine rings is 1. The number of ether oxygens (including phenoxy) is 2. The maximum absolute atomic E-state index is 13.3. The van der Waals surface area contributed by atoms with Crippen LogP contribution in [-0.2, 0) is 35.0 Å².